The van der Waals surface area contributed by atoms with Gasteiger partial charge in [0.1, 0.15) is 0 Å². The molecular formula is C16H26N2O3. The van der Waals surface area contributed by atoms with Crippen molar-refractivity contribution in [3.05, 3.63) is 29.8 Å². The van der Waals surface area contributed by atoms with Crippen molar-refractivity contribution in [2.75, 3.05) is 25.6 Å². The molecule has 0 heterocycles. The molecule has 0 unspecified atom stereocenters. The van der Waals surface area contributed by atoms with Crippen molar-refractivity contribution in [1.82, 2.24) is 0 Å². The lowest BCUT2D eigenvalue weighted by molar-refractivity contribution is -0.117. The van der Waals surface area contributed by atoms with Crippen molar-refractivity contribution in [2.24, 2.45) is 5.73 Å². The van der Waals surface area contributed by atoms with Gasteiger partial charge in [0.2, 0.25) is 5.91 Å². The molecule has 1 atom stereocenters. The number of rotatable bonds is 10. The topological polar surface area (TPSA) is 73.6 Å². The van der Waals surface area contributed by atoms with Crippen molar-refractivity contribution < 1.29 is 14.3 Å². The molecule has 0 radical (unpaired) electrons. The summed E-state index contributed by atoms with van der Waals surface area (Å²) in [5, 5.41) is 2.85. The first kappa shape index (κ1) is 17.6. The molecule has 0 spiro atoms. The van der Waals surface area contributed by atoms with Gasteiger partial charge in [0, 0.05) is 12.8 Å². The number of amides is 1. The third-order valence-electron chi connectivity index (χ3n) is 3.10. The highest BCUT2D eigenvalue weighted by molar-refractivity contribution is 5.94. The highest BCUT2D eigenvalue weighted by Crippen LogP contribution is 2.12. The maximum absolute atomic E-state index is 11.9. The maximum atomic E-state index is 11.9. The number of anilines is 1. The number of hydrogen-bond donors (Lipinski definition) is 2. The molecule has 0 saturated heterocycles. The second-order valence-electron chi connectivity index (χ2n) is 4.98. The van der Waals surface area contributed by atoms with E-state index < -0.39 is 6.04 Å². The minimum Gasteiger partial charge on any atom is -0.382 e. The number of unbranched alkanes of at least 4 members (excludes halogenated alkanes) is 1. The number of carbonyl (C=O) groups excluding carboxylic acids is 1. The minimum atomic E-state index is -0.452. The van der Waals surface area contributed by atoms with Crippen molar-refractivity contribution in [3.8, 4) is 0 Å². The second-order valence-corrected chi connectivity index (χ2v) is 4.98. The molecule has 3 N–H and O–H groups in total. The van der Waals surface area contributed by atoms with Crippen LogP contribution in [-0.4, -0.2) is 32.3 Å². The molecule has 0 aliphatic heterocycles. The minimum absolute atomic E-state index is 0.138. The van der Waals surface area contributed by atoms with Crippen molar-refractivity contribution in [2.45, 2.75) is 38.8 Å². The molecule has 5 heteroatoms. The van der Waals surface area contributed by atoms with E-state index in [1.165, 1.54) is 0 Å². The number of nitrogens with one attached hydrogen (secondary N) is 1. The van der Waals surface area contributed by atoms with Gasteiger partial charge in [-0.15, -0.1) is 0 Å². The zero-order valence-electron chi connectivity index (χ0n) is 12.9. The summed E-state index contributed by atoms with van der Waals surface area (Å²) in [6, 6.07) is 7.15. The van der Waals surface area contributed by atoms with Crippen LogP contribution < -0.4 is 11.1 Å². The monoisotopic (exact) mass is 294 g/mol. The molecule has 0 aliphatic carbocycles. The van der Waals surface area contributed by atoms with Gasteiger partial charge in [-0.05, 0) is 24.1 Å². The third kappa shape index (κ3) is 7.22. The lowest BCUT2D eigenvalue weighted by Crippen LogP contribution is -2.35. The second kappa shape index (κ2) is 10.3. The molecule has 0 aromatic heterocycles. The number of ether oxygens (including phenoxy) is 2. The van der Waals surface area contributed by atoms with Crippen LogP contribution in [0.2, 0.25) is 0 Å². The standard InChI is InChI=1S/C16H26N2O3/c1-3-4-8-15(17)16(19)18-14-7-5-6-13(11-14)12-21-10-9-20-2/h5-7,11,15H,3-4,8-10,12,17H2,1-2H3,(H,18,19)/t15-/m0/s1. The van der Waals surface area contributed by atoms with E-state index in [0.29, 0.717) is 26.2 Å². The SMILES string of the molecule is CCCC[C@H](N)C(=O)Nc1cccc(COCCOC)c1. The predicted octanol–water partition coefficient (Wildman–Crippen LogP) is 2.31. The Bertz CT molecular complexity index is 424. The summed E-state index contributed by atoms with van der Waals surface area (Å²) < 4.78 is 10.4. The summed E-state index contributed by atoms with van der Waals surface area (Å²) in [6.45, 7) is 3.70. The van der Waals surface area contributed by atoms with Crippen LogP contribution in [0.15, 0.2) is 24.3 Å². The summed E-state index contributed by atoms with van der Waals surface area (Å²) in [5.41, 5.74) is 7.61. The smallest absolute Gasteiger partial charge is 0.241 e. The Labute approximate surface area is 126 Å². The van der Waals surface area contributed by atoms with Crippen molar-refractivity contribution in [3.63, 3.8) is 0 Å². The van der Waals surface area contributed by atoms with Gasteiger partial charge in [-0.25, -0.2) is 0 Å². The van der Waals surface area contributed by atoms with Crippen LogP contribution in [0.1, 0.15) is 31.7 Å². The zero-order valence-corrected chi connectivity index (χ0v) is 12.9. The molecule has 0 aliphatic rings. The number of carbonyl (C=O) groups is 1. The fourth-order valence-electron chi connectivity index (χ4n) is 1.86. The molecule has 1 rings (SSSR count). The maximum Gasteiger partial charge on any atom is 0.241 e. The van der Waals surface area contributed by atoms with E-state index in [0.717, 1.165) is 24.1 Å². The third-order valence-corrected chi connectivity index (χ3v) is 3.10. The summed E-state index contributed by atoms with van der Waals surface area (Å²) in [6.07, 6.45) is 2.71. The van der Waals surface area contributed by atoms with E-state index in [1.54, 1.807) is 7.11 Å². The lowest BCUT2D eigenvalue weighted by Gasteiger charge is -2.12. The highest BCUT2D eigenvalue weighted by atomic mass is 16.5. The Morgan fingerprint density at radius 2 is 2.19 bits per heavy atom. The zero-order chi connectivity index (χ0) is 15.5. The molecule has 1 amide bonds. The lowest BCUT2D eigenvalue weighted by atomic mass is 10.1. The molecule has 0 saturated carbocycles. The van der Waals surface area contributed by atoms with E-state index in [-0.39, 0.29) is 5.91 Å². The summed E-state index contributed by atoms with van der Waals surface area (Å²) in [7, 11) is 1.64. The van der Waals surface area contributed by atoms with E-state index in [1.807, 2.05) is 24.3 Å². The van der Waals surface area contributed by atoms with E-state index >= 15 is 0 Å². The first-order valence-electron chi connectivity index (χ1n) is 7.39. The number of nitrogens with two attached hydrogens (primary N) is 1. The van der Waals surface area contributed by atoms with Gasteiger partial charge >= 0.3 is 0 Å². The van der Waals surface area contributed by atoms with Crippen LogP contribution in [0.5, 0.6) is 0 Å². The first-order valence-corrected chi connectivity index (χ1v) is 7.39. The van der Waals surface area contributed by atoms with Crippen LogP contribution in [-0.2, 0) is 20.9 Å². The normalized spacial score (nSPS) is 12.1. The molecular weight excluding hydrogens is 268 g/mol. The number of methoxy groups -OCH3 is 1. The van der Waals surface area contributed by atoms with Crippen LogP contribution in [0.25, 0.3) is 0 Å². The Morgan fingerprint density at radius 1 is 1.38 bits per heavy atom. The summed E-state index contributed by atoms with van der Waals surface area (Å²) in [5.74, 6) is -0.138. The van der Waals surface area contributed by atoms with E-state index in [2.05, 4.69) is 12.2 Å². The van der Waals surface area contributed by atoms with Crippen LogP contribution in [0, 0.1) is 0 Å². The van der Waals surface area contributed by atoms with Gasteiger partial charge in [-0.1, -0.05) is 31.9 Å². The average molecular weight is 294 g/mol. The molecule has 21 heavy (non-hydrogen) atoms. The molecule has 1 aromatic carbocycles. The van der Waals surface area contributed by atoms with E-state index in [9.17, 15) is 4.79 Å². The van der Waals surface area contributed by atoms with Crippen molar-refractivity contribution >= 4 is 11.6 Å². The average Bonchev–Trinajstić information content (AvgIpc) is 2.49. The Balaban J connectivity index is 2.46. The van der Waals surface area contributed by atoms with Gasteiger partial charge in [0.15, 0.2) is 0 Å². The van der Waals surface area contributed by atoms with Gasteiger partial charge in [0.05, 0.1) is 25.9 Å². The fraction of sp³-hybridized carbons (Fsp3) is 0.562. The Morgan fingerprint density at radius 3 is 2.90 bits per heavy atom. The fourth-order valence-corrected chi connectivity index (χ4v) is 1.86. The van der Waals surface area contributed by atoms with Gasteiger partial charge in [-0.2, -0.15) is 0 Å². The highest BCUT2D eigenvalue weighted by Gasteiger charge is 2.12. The van der Waals surface area contributed by atoms with E-state index in [4.69, 9.17) is 15.2 Å². The quantitative estimate of drug-likeness (QED) is 0.649. The molecule has 5 nitrogen and oxygen atoms in total. The van der Waals surface area contributed by atoms with Gasteiger partial charge < -0.3 is 20.5 Å². The predicted molar refractivity (Wildman–Crippen MR) is 84.1 cm³/mol. The molecule has 118 valence electrons. The summed E-state index contributed by atoms with van der Waals surface area (Å²) >= 11 is 0. The first-order chi connectivity index (χ1) is 10.2. The molecule has 1 aromatic rings. The largest absolute Gasteiger partial charge is 0.382 e. The summed E-state index contributed by atoms with van der Waals surface area (Å²) in [4.78, 5) is 11.9. The van der Waals surface area contributed by atoms with Gasteiger partial charge in [-0.3, -0.25) is 4.79 Å². The molecule has 0 bridgehead atoms. The van der Waals surface area contributed by atoms with Crippen LogP contribution in [0.4, 0.5) is 5.69 Å². The Kier molecular flexibility index (Phi) is 8.66. The van der Waals surface area contributed by atoms with Crippen LogP contribution in [0.3, 0.4) is 0 Å². The number of benzene rings is 1. The Hall–Kier alpha value is -1.43. The van der Waals surface area contributed by atoms with Gasteiger partial charge in [0.25, 0.3) is 0 Å². The molecule has 0 fully saturated rings. The van der Waals surface area contributed by atoms with Crippen LogP contribution >= 0.6 is 0 Å². The van der Waals surface area contributed by atoms with Crippen molar-refractivity contribution in [1.29, 1.82) is 0 Å². The number of hydrogen-bond acceptors (Lipinski definition) is 4.